The molecule has 1 aliphatic rings. The molecule has 16 heavy (non-hydrogen) atoms. The molecule has 0 heterocycles. The van der Waals surface area contributed by atoms with Crippen molar-refractivity contribution in [1.82, 2.24) is 0 Å². The maximum absolute atomic E-state index is 10.7. The highest BCUT2D eigenvalue weighted by atomic mass is 32.2. The zero-order chi connectivity index (χ0) is 12.1. The molecule has 0 unspecified atom stereocenters. The number of nitrogens with two attached hydrogens (primary N) is 1. The molecule has 96 valence electrons. The third kappa shape index (κ3) is 5.82. The monoisotopic (exact) mass is 249 g/mol. The fraction of sp³-hybridized carbons (Fsp3) is 1.00. The minimum Gasteiger partial charge on any atom is -0.390 e. The van der Waals surface area contributed by atoms with Crippen molar-refractivity contribution in [2.45, 2.75) is 63.4 Å². The predicted octanol–water partition coefficient (Wildman–Crippen LogP) is 1.53. The van der Waals surface area contributed by atoms with Crippen LogP contribution in [0.3, 0.4) is 0 Å². The topological polar surface area (TPSA) is 80.4 Å². The number of hydrogen-bond acceptors (Lipinski definition) is 3. The molecule has 0 aromatic heterocycles. The number of unbranched alkanes of at least 4 members (excludes halogenated alkanes) is 2. The summed E-state index contributed by atoms with van der Waals surface area (Å²) in [5.41, 5.74) is -0.472. The molecule has 0 aliphatic heterocycles. The first-order valence-electron chi connectivity index (χ1n) is 6.14. The van der Waals surface area contributed by atoms with Crippen LogP contribution in [0.5, 0.6) is 0 Å². The fourth-order valence-electron chi connectivity index (χ4n) is 2.39. The van der Waals surface area contributed by atoms with Crippen LogP contribution in [-0.2, 0) is 10.0 Å². The van der Waals surface area contributed by atoms with Gasteiger partial charge in [0.25, 0.3) is 0 Å². The van der Waals surface area contributed by atoms with Gasteiger partial charge in [-0.1, -0.05) is 32.1 Å². The zero-order valence-corrected chi connectivity index (χ0v) is 10.6. The second kappa shape index (κ2) is 5.98. The molecule has 4 nitrogen and oxygen atoms in total. The maximum atomic E-state index is 10.7. The van der Waals surface area contributed by atoms with Gasteiger partial charge in [0.1, 0.15) is 0 Å². The highest BCUT2D eigenvalue weighted by molar-refractivity contribution is 7.89. The van der Waals surface area contributed by atoms with Crippen LogP contribution >= 0.6 is 0 Å². The number of aliphatic hydroxyl groups is 1. The Morgan fingerprint density at radius 2 is 1.69 bits per heavy atom. The molecule has 0 radical (unpaired) electrons. The Morgan fingerprint density at radius 3 is 2.25 bits per heavy atom. The average molecular weight is 249 g/mol. The van der Waals surface area contributed by atoms with Crippen LogP contribution in [-0.4, -0.2) is 24.9 Å². The van der Waals surface area contributed by atoms with Gasteiger partial charge in [0, 0.05) is 0 Å². The van der Waals surface area contributed by atoms with E-state index in [0.717, 1.165) is 44.9 Å². The zero-order valence-electron chi connectivity index (χ0n) is 9.82. The van der Waals surface area contributed by atoms with Crippen molar-refractivity contribution in [1.29, 1.82) is 0 Å². The quantitative estimate of drug-likeness (QED) is 0.700. The number of hydrogen-bond donors (Lipinski definition) is 2. The number of primary sulfonamides is 1. The van der Waals surface area contributed by atoms with Crippen molar-refractivity contribution in [2.24, 2.45) is 5.14 Å². The van der Waals surface area contributed by atoms with Gasteiger partial charge in [-0.2, -0.15) is 0 Å². The predicted molar refractivity (Wildman–Crippen MR) is 64.5 cm³/mol. The van der Waals surface area contributed by atoms with Gasteiger partial charge in [0.2, 0.25) is 10.0 Å². The summed E-state index contributed by atoms with van der Waals surface area (Å²) in [7, 11) is -3.31. The van der Waals surface area contributed by atoms with Gasteiger partial charge in [-0.25, -0.2) is 13.6 Å². The van der Waals surface area contributed by atoms with Gasteiger partial charge in [0.05, 0.1) is 11.4 Å². The second-order valence-electron chi connectivity index (χ2n) is 4.96. The van der Waals surface area contributed by atoms with E-state index in [-0.39, 0.29) is 5.75 Å². The van der Waals surface area contributed by atoms with Gasteiger partial charge in [0.15, 0.2) is 0 Å². The molecule has 0 bridgehead atoms. The molecule has 1 rings (SSSR count). The number of rotatable bonds is 6. The molecular formula is C11H23NO3S. The van der Waals surface area contributed by atoms with Crippen LogP contribution in [0.15, 0.2) is 0 Å². The van der Waals surface area contributed by atoms with Crippen LogP contribution < -0.4 is 5.14 Å². The van der Waals surface area contributed by atoms with Crippen LogP contribution in [0.1, 0.15) is 57.8 Å². The first-order chi connectivity index (χ1) is 7.41. The van der Waals surface area contributed by atoms with E-state index in [9.17, 15) is 13.5 Å². The van der Waals surface area contributed by atoms with Crippen molar-refractivity contribution in [3.63, 3.8) is 0 Å². The standard InChI is InChI=1S/C11H23NO3S/c12-16(14,15)10-6-2-5-9-11(13)7-3-1-4-8-11/h13H,1-10H2,(H2,12,14,15). The normalized spacial score (nSPS) is 20.9. The molecule has 0 aromatic rings. The average Bonchev–Trinajstić information content (AvgIpc) is 2.16. The third-order valence-electron chi connectivity index (χ3n) is 3.36. The van der Waals surface area contributed by atoms with Crippen molar-refractivity contribution in [3.8, 4) is 0 Å². The minimum absolute atomic E-state index is 0.0609. The minimum atomic E-state index is -3.31. The first-order valence-corrected chi connectivity index (χ1v) is 7.86. The van der Waals surface area contributed by atoms with Crippen LogP contribution in [0.4, 0.5) is 0 Å². The fourth-order valence-corrected chi connectivity index (χ4v) is 3.00. The van der Waals surface area contributed by atoms with Gasteiger partial charge < -0.3 is 5.11 Å². The summed E-state index contributed by atoms with van der Waals surface area (Å²) in [6.07, 6.45) is 8.41. The third-order valence-corrected chi connectivity index (χ3v) is 4.21. The van der Waals surface area contributed by atoms with Crippen molar-refractivity contribution < 1.29 is 13.5 Å². The molecule has 0 spiro atoms. The molecule has 0 amide bonds. The molecular weight excluding hydrogens is 226 g/mol. The molecule has 0 aromatic carbocycles. The van der Waals surface area contributed by atoms with Crippen LogP contribution in [0.2, 0.25) is 0 Å². The molecule has 3 N–H and O–H groups in total. The lowest BCUT2D eigenvalue weighted by atomic mass is 9.81. The summed E-state index contributed by atoms with van der Waals surface area (Å²) >= 11 is 0. The summed E-state index contributed by atoms with van der Waals surface area (Å²) < 4.78 is 21.4. The highest BCUT2D eigenvalue weighted by Gasteiger charge is 2.28. The maximum Gasteiger partial charge on any atom is 0.209 e. The van der Waals surface area contributed by atoms with E-state index in [0.29, 0.717) is 6.42 Å². The summed E-state index contributed by atoms with van der Waals surface area (Å²) in [6.45, 7) is 0. The summed E-state index contributed by atoms with van der Waals surface area (Å²) in [6, 6.07) is 0. The van der Waals surface area contributed by atoms with Gasteiger partial charge in [-0.05, 0) is 25.7 Å². The Labute approximate surface area is 98.3 Å². The first kappa shape index (κ1) is 13.9. The van der Waals surface area contributed by atoms with Crippen molar-refractivity contribution in [2.75, 3.05) is 5.75 Å². The molecule has 1 fully saturated rings. The van der Waals surface area contributed by atoms with Gasteiger partial charge >= 0.3 is 0 Å². The van der Waals surface area contributed by atoms with Crippen molar-refractivity contribution in [3.05, 3.63) is 0 Å². The summed E-state index contributed by atoms with van der Waals surface area (Å²) in [4.78, 5) is 0. The Morgan fingerprint density at radius 1 is 1.06 bits per heavy atom. The van der Waals surface area contributed by atoms with Gasteiger partial charge in [-0.3, -0.25) is 0 Å². The van der Waals surface area contributed by atoms with E-state index in [2.05, 4.69) is 0 Å². The highest BCUT2D eigenvalue weighted by Crippen LogP contribution is 2.32. The lowest BCUT2D eigenvalue weighted by Crippen LogP contribution is -2.31. The second-order valence-corrected chi connectivity index (χ2v) is 6.70. The summed E-state index contributed by atoms with van der Waals surface area (Å²) in [5.74, 6) is 0.0609. The van der Waals surface area contributed by atoms with E-state index < -0.39 is 15.6 Å². The molecule has 5 heteroatoms. The van der Waals surface area contributed by atoms with E-state index >= 15 is 0 Å². The molecule has 0 saturated heterocycles. The van der Waals surface area contributed by atoms with Crippen LogP contribution in [0, 0.1) is 0 Å². The lowest BCUT2D eigenvalue weighted by Gasteiger charge is -2.32. The largest absolute Gasteiger partial charge is 0.390 e. The van der Waals surface area contributed by atoms with E-state index in [4.69, 9.17) is 5.14 Å². The van der Waals surface area contributed by atoms with Crippen molar-refractivity contribution >= 4 is 10.0 Å². The SMILES string of the molecule is NS(=O)(=O)CCCCCC1(O)CCCCC1. The van der Waals surface area contributed by atoms with E-state index in [1.165, 1.54) is 6.42 Å². The molecule has 1 aliphatic carbocycles. The molecule has 0 atom stereocenters. The number of sulfonamides is 1. The Balaban J connectivity index is 2.10. The Kier molecular flexibility index (Phi) is 5.21. The summed E-state index contributed by atoms with van der Waals surface area (Å²) in [5, 5.41) is 15.1. The van der Waals surface area contributed by atoms with Crippen LogP contribution in [0.25, 0.3) is 0 Å². The van der Waals surface area contributed by atoms with E-state index in [1.807, 2.05) is 0 Å². The van der Waals surface area contributed by atoms with Gasteiger partial charge in [-0.15, -0.1) is 0 Å². The molecule has 1 saturated carbocycles. The lowest BCUT2D eigenvalue weighted by molar-refractivity contribution is -0.00576. The Bertz CT molecular complexity index is 294. The Hall–Kier alpha value is -0.130. The smallest absolute Gasteiger partial charge is 0.209 e. The van der Waals surface area contributed by atoms with E-state index in [1.54, 1.807) is 0 Å².